The second kappa shape index (κ2) is 7.62. The average molecular weight is 364 g/mol. The smallest absolute Gasteiger partial charge is 0.337 e. The average Bonchev–Trinajstić information content (AvgIpc) is 3.02. The van der Waals surface area contributed by atoms with Crippen molar-refractivity contribution in [3.63, 3.8) is 0 Å². The molecule has 0 bridgehead atoms. The van der Waals surface area contributed by atoms with Gasteiger partial charge in [-0.1, -0.05) is 0 Å². The van der Waals surface area contributed by atoms with Crippen LogP contribution >= 0.6 is 11.3 Å². The Morgan fingerprint density at radius 2 is 1.96 bits per heavy atom. The normalized spacial score (nSPS) is 13.3. The SMILES string of the molecule is CC(C)Oc1ccc(-c2nc(C(=O)NCC(C)(O)C(=O)O)cs2)cc1. The van der Waals surface area contributed by atoms with Crippen LogP contribution in [-0.2, 0) is 4.79 Å². The maximum absolute atomic E-state index is 12.0. The lowest BCUT2D eigenvalue weighted by molar-refractivity contribution is -0.155. The fourth-order valence-corrected chi connectivity index (χ4v) is 2.68. The summed E-state index contributed by atoms with van der Waals surface area (Å²) in [7, 11) is 0. The third-order valence-corrected chi connectivity index (χ3v) is 4.16. The number of rotatable bonds is 7. The number of nitrogens with one attached hydrogen (secondary N) is 1. The number of carboxylic acids is 1. The molecule has 0 saturated carbocycles. The molecule has 0 aliphatic rings. The van der Waals surface area contributed by atoms with Gasteiger partial charge in [-0.2, -0.15) is 0 Å². The van der Waals surface area contributed by atoms with Gasteiger partial charge in [0, 0.05) is 10.9 Å². The zero-order valence-electron chi connectivity index (χ0n) is 14.1. The molecule has 1 amide bonds. The Morgan fingerprint density at radius 3 is 2.52 bits per heavy atom. The van der Waals surface area contributed by atoms with Crippen molar-refractivity contribution in [1.82, 2.24) is 10.3 Å². The minimum Gasteiger partial charge on any atom is -0.491 e. The molecule has 1 atom stereocenters. The summed E-state index contributed by atoms with van der Waals surface area (Å²) in [5, 5.41) is 23.1. The van der Waals surface area contributed by atoms with E-state index in [0.29, 0.717) is 5.01 Å². The number of hydrogen-bond donors (Lipinski definition) is 3. The van der Waals surface area contributed by atoms with Crippen LogP contribution in [0.3, 0.4) is 0 Å². The highest BCUT2D eigenvalue weighted by Crippen LogP contribution is 2.26. The topological polar surface area (TPSA) is 109 Å². The summed E-state index contributed by atoms with van der Waals surface area (Å²) in [5.41, 5.74) is -1.01. The molecule has 0 aliphatic carbocycles. The number of benzene rings is 1. The Bertz CT molecular complexity index is 753. The molecule has 1 aromatic carbocycles. The van der Waals surface area contributed by atoms with Crippen LogP contribution < -0.4 is 10.1 Å². The minimum atomic E-state index is -2.03. The lowest BCUT2D eigenvalue weighted by Gasteiger charge is -2.17. The maximum atomic E-state index is 12.0. The fraction of sp³-hybridized carbons (Fsp3) is 0.353. The Labute approximate surface area is 149 Å². The quantitative estimate of drug-likeness (QED) is 0.695. The van der Waals surface area contributed by atoms with Gasteiger partial charge in [-0.3, -0.25) is 4.79 Å². The van der Waals surface area contributed by atoms with Crippen molar-refractivity contribution >= 4 is 23.2 Å². The Kier molecular flexibility index (Phi) is 5.76. The molecular formula is C17H20N2O5S. The molecule has 25 heavy (non-hydrogen) atoms. The van der Waals surface area contributed by atoms with Gasteiger partial charge in [-0.05, 0) is 45.0 Å². The van der Waals surface area contributed by atoms with Crippen LogP contribution in [0.4, 0.5) is 0 Å². The molecule has 0 radical (unpaired) electrons. The molecule has 7 nitrogen and oxygen atoms in total. The molecule has 3 N–H and O–H groups in total. The maximum Gasteiger partial charge on any atom is 0.337 e. The zero-order valence-corrected chi connectivity index (χ0v) is 15.0. The van der Waals surface area contributed by atoms with E-state index in [0.717, 1.165) is 18.2 Å². The van der Waals surface area contributed by atoms with Crippen LogP contribution in [0.1, 0.15) is 31.3 Å². The van der Waals surface area contributed by atoms with Crippen molar-refractivity contribution < 1.29 is 24.5 Å². The van der Waals surface area contributed by atoms with E-state index in [1.165, 1.54) is 11.3 Å². The third-order valence-electron chi connectivity index (χ3n) is 3.26. The fourth-order valence-electron chi connectivity index (χ4n) is 1.88. The van der Waals surface area contributed by atoms with Crippen molar-refractivity contribution in [2.75, 3.05) is 6.54 Å². The molecule has 0 aliphatic heterocycles. The first-order valence-corrected chi connectivity index (χ1v) is 8.53. The molecule has 1 unspecified atom stereocenters. The first-order valence-electron chi connectivity index (χ1n) is 7.65. The number of thiazole rings is 1. The summed E-state index contributed by atoms with van der Waals surface area (Å²) < 4.78 is 5.58. The number of aromatic nitrogens is 1. The summed E-state index contributed by atoms with van der Waals surface area (Å²) in [5.74, 6) is -1.19. The molecule has 0 fully saturated rings. The van der Waals surface area contributed by atoms with Crippen molar-refractivity contribution in [2.24, 2.45) is 0 Å². The van der Waals surface area contributed by atoms with E-state index in [4.69, 9.17) is 9.84 Å². The molecule has 0 spiro atoms. The summed E-state index contributed by atoms with van der Waals surface area (Å²) in [6.07, 6.45) is 0.0871. The predicted octanol–water partition coefficient (Wildman–Crippen LogP) is 2.16. The van der Waals surface area contributed by atoms with E-state index in [1.54, 1.807) is 5.38 Å². The second-order valence-corrected chi connectivity index (χ2v) is 6.85. The van der Waals surface area contributed by atoms with E-state index in [2.05, 4.69) is 10.3 Å². The van der Waals surface area contributed by atoms with Crippen LogP contribution in [-0.4, -0.2) is 45.3 Å². The number of carbonyl (C=O) groups is 2. The number of hydrogen-bond acceptors (Lipinski definition) is 6. The summed E-state index contributed by atoms with van der Waals surface area (Å²) >= 11 is 1.30. The van der Waals surface area contributed by atoms with Gasteiger partial charge in [0.1, 0.15) is 16.5 Å². The first-order chi connectivity index (χ1) is 11.7. The number of amides is 1. The molecular weight excluding hydrogens is 344 g/mol. The van der Waals surface area contributed by atoms with Crippen molar-refractivity contribution in [2.45, 2.75) is 32.5 Å². The third kappa shape index (κ3) is 5.01. The van der Waals surface area contributed by atoms with Crippen molar-refractivity contribution in [1.29, 1.82) is 0 Å². The molecule has 2 rings (SSSR count). The lowest BCUT2D eigenvalue weighted by Crippen LogP contribution is -2.46. The van der Waals surface area contributed by atoms with Gasteiger partial charge in [0.15, 0.2) is 5.60 Å². The molecule has 134 valence electrons. The number of aliphatic hydroxyl groups is 1. The van der Waals surface area contributed by atoms with E-state index in [-0.39, 0.29) is 11.8 Å². The summed E-state index contributed by atoms with van der Waals surface area (Å²) in [6.45, 7) is 4.60. The number of nitrogens with zero attached hydrogens (tertiary/aromatic N) is 1. The van der Waals surface area contributed by atoms with Gasteiger partial charge < -0.3 is 20.3 Å². The van der Waals surface area contributed by atoms with E-state index < -0.39 is 24.0 Å². The van der Waals surface area contributed by atoms with Gasteiger partial charge in [-0.25, -0.2) is 9.78 Å². The highest BCUT2D eigenvalue weighted by molar-refractivity contribution is 7.13. The van der Waals surface area contributed by atoms with Crippen molar-refractivity contribution in [3.05, 3.63) is 35.3 Å². The van der Waals surface area contributed by atoms with Gasteiger partial charge in [-0.15, -0.1) is 11.3 Å². The summed E-state index contributed by atoms with van der Waals surface area (Å²) in [6, 6.07) is 7.38. The van der Waals surface area contributed by atoms with E-state index >= 15 is 0 Å². The van der Waals surface area contributed by atoms with Crippen LogP contribution in [0.15, 0.2) is 29.6 Å². The number of carboxylic acid groups (broad SMARTS) is 1. The Hall–Kier alpha value is -2.45. The molecule has 1 aromatic heterocycles. The van der Waals surface area contributed by atoms with E-state index in [1.807, 2.05) is 38.1 Å². The molecule has 0 saturated heterocycles. The monoisotopic (exact) mass is 364 g/mol. The van der Waals surface area contributed by atoms with Gasteiger partial charge in [0.2, 0.25) is 0 Å². The zero-order chi connectivity index (χ0) is 18.6. The van der Waals surface area contributed by atoms with Gasteiger partial charge in [0.05, 0.1) is 12.6 Å². The highest BCUT2D eigenvalue weighted by atomic mass is 32.1. The Morgan fingerprint density at radius 1 is 1.32 bits per heavy atom. The number of aliphatic carboxylic acids is 1. The van der Waals surface area contributed by atoms with Crippen molar-refractivity contribution in [3.8, 4) is 16.3 Å². The van der Waals surface area contributed by atoms with Crippen LogP contribution in [0.25, 0.3) is 10.6 Å². The number of carbonyl (C=O) groups excluding carboxylic acids is 1. The second-order valence-electron chi connectivity index (χ2n) is 5.99. The largest absolute Gasteiger partial charge is 0.491 e. The number of ether oxygens (including phenoxy) is 1. The predicted molar refractivity (Wildman–Crippen MR) is 93.9 cm³/mol. The molecule has 8 heteroatoms. The molecule has 2 aromatic rings. The van der Waals surface area contributed by atoms with Crippen LogP contribution in [0.5, 0.6) is 5.75 Å². The first kappa shape index (κ1) is 18.9. The lowest BCUT2D eigenvalue weighted by atomic mass is 10.1. The van der Waals surface area contributed by atoms with Crippen LogP contribution in [0.2, 0.25) is 0 Å². The van der Waals surface area contributed by atoms with Gasteiger partial charge >= 0.3 is 5.97 Å². The van der Waals surface area contributed by atoms with Crippen LogP contribution in [0, 0.1) is 0 Å². The standard InChI is InChI=1S/C17H20N2O5S/c1-10(2)24-12-6-4-11(5-7-12)15-19-13(8-25-15)14(20)18-9-17(3,23)16(21)22/h4-8,10,23H,9H2,1-3H3,(H,18,20)(H,21,22). The Balaban J connectivity index is 2.04. The minimum absolute atomic E-state index is 0.0871. The summed E-state index contributed by atoms with van der Waals surface area (Å²) in [4.78, 5) is 27.1. The molecule has 1 heterocycles. The highest BCUT2D eigenvalue weighted by Gasteiger charge is 2.30. The van der Waals surface area contributed by atoms with E-state index in [9.17, 15) is 14.7 Å². The van der Waals surface area contributed by atoms with Gasteiger partial charge in [0.25, 0.3) is 5.91 Å².